The number of nitrogens with one attached hydrogen (secondary N) is 2. The number of β-amino-alcohol motifs (C(OH)–C–C–N with tert-alkyl or cyclic N) is 1. The molecule has 6 atom stereocenters. The zero-order chi connectivity index (χ0) is 23.8. The highest BCUT2D eigenvalue weighted by Crippen LogP contribution is 2.65. The maximum atomic E-state index is 13.6. The van der Waals surface area contributed by atoms with Crippen LogP contribution in [0.1, 0.15) is 45.6 Å². The number of fused-ring (bicyclic) bond motifs is 1. The first-order valence-electron chi connectivity index (χ1n) is 12.0. The molecule has 0 aliphatic carbocycles. The fourth-order valence-electron chi connectivity index (χ4n) is 6.17. The molecule has 1 aromatic carbocycles. The molecule has 0 saturated carbocycles. The Hall–Kier alpha value is -2.45. The average Bonchev–Trinajstić information content (AvgIpc) is 3.30. The van der Waals surface area contributed by atoms with Crippen molar-refractivity contribution in [1.29, 1.82) is 0 Å². The van der Waals surface area contributed by atoms with Gasteiger partial charge in [0.25, 0.3) is 0 Å². The van der Waals surface area contributed by atoms with E-state index in [2.05, 4.69) is 10.6 Å². The molecular weight excluding hydrogens is 422 g/mol. The van der Waals surface area contributed by atoms with Crippen LogP contribution in [0.4, 0.5) is 0 Å². The Morgan fingerprint density at radius 2 is 1.94 bits per heavy atom. The molecular formula is C25H35N3O5. The Labute approximate surface area is 195 Å². The van der Waals surface area contributed by atoms with Crippen molar-refractivity contribution in [2.24, 2.45) is 17.8 Å². The van der Waals surface area contributed by atoms with Crippen molar-refractivity contribution < 1.29 is 24.2 Å². The van der Waals surface area contributed by atoms with Crippen LogP contribution in [0, 0.1) is 17.8 Å². The van der Waals surface area contributed by atoms with Crippen LogP contribution in [0.2, 0.25) is 0 Å². The summed E-state index contributed by atoms with van der Waals surface area (Å²) in [5.74, 6) is -2.24. The lowest BCUT2D eigenvalue weighted by Gasteiger charge is -2.36. The summed E-state index contributed by atoms with van der Waals surface area (Å²) in [6, 6.07) is 8.76. The second kappa shape index (κ2) is 9.06. The number of nitrogens with zero attached hydrogens (tertiary/aromatic N) is 1. The van der Waals surface area contributed by atoms with Gasteiger partial charge in [0.2, 0.25) is 17.7 Å². The molecule has 1 aromatic rings. The van der Waals surface area contributed by atoms with Gasteiger partial charge < -0.3 is 25.4 Å². The summed E-state index contributed by atoms with van der Waals surface area (Å²) in [5, 5.41) is 15.6. The van der Waals surface area contributed by atoms with Crippen molar-refractivity contribution in [1.82, 2.24) is 15.5 Å². The van der Waals surface area contributed by atoms with Crippen molar-refractivity contribution in [2.45, 2.75) is 63.8 Å². The molecule has 3 aliphatic rings. The highest BCUT2D eigenvalue weighted by molar-refractivity contribution is 5.99. The third-order valence-corrected chi connectivity index (χ3v) is 7.83. The minimum Gasteiger partial charge on any atom is -0.395 e. The van der Waals surface area contributed by atoms with Gasteiger partial charge in [0.05, 0.1) is 24.0 Å². The summed E-state index contributed by atoms with van der Waals surface area (Å²) < 4.78 is 6.59. The Morgan fingerprint density at radius 1 is 1.21 bits per heavy atom. The van der Waals surface area contributed by atoms with Crippen LogP contribution >= 0.6 is 0 Å². The molecule has 3 saturated heterocycles. The van der Waals surface area contributed by atoms with E-state index >= 15 is 0 Å². The molecule has 3 amide bonds. The number of hydrogen-bond donors (Lipinski definition) is 3. The minimum atomic E-state index is -1.06. The van der Waals surface area contributed by atoms with Gasteiger partial charge in [-0.2, -0.15) is 0 Å². The van der Waals surface area contributed by atoms with Crippen molar-refractivity contribution in [3.05, 3.63) is 35.9 Å². The predicted octanol–water partition coefficient (Wildman–Crippen LogP) is 1.22. The number of carbonyl (C=O) groups excluding carboxylic acids is 3. The number of aliphatic hydroxyl groups excluding tert-OH is 1. The first kappa shape index (κ1) is 23.7. The number of ether oxygens (including phenoxy) is 1. The maximum Gasteiger partial charge on any atom is 0.245 e. The molecule has 8 heteroatoms. The fourth-order valence-corrected chi connectivity index (χ4v) is 6.17. The summed E-state index contributed by atoms with van der Waals surface area (Å²) in [6.07, 6.45) is 2.30. The van der Waals surface area contributed by atoms with Crippen LogP contribution < -0.4 is 10.6 Å². The van der Waals surface area contributed by atoms with E-state index in [1.807, 2.05) is 51.1 Å². The quantitative estimate of drug-likeness (QED) is 0.484. The second-order valence-electron chi connectivity index (χ2n) is 9.81. The molecule has 2 bridgehead atoms. The van der Waals surface area contributed by atoms with E-state index in [9.17, 15) is 19.5 Å². The lowest BCUT2D eigenvalue weighted by Crippen LogP contribution is -2.56. The summed E-state index contributed by atoms with van der Waals surface area (Å²) in [7, 11) is 0. The van der Waals surface area contributed by atoms with Crippen LogP contribution in [-0.2, 0) is 25.7 Å². The SMILES string of the molecule is CCCCNC(=O)C1N(CCO)C(=O)[C@@H]2[C@H](C(=O)NCc3ccccc3)[C@@]3(C)OC12CC3C. The Balaban J connectivity index is 1.64. The molecule has 3 aliphatic heterocycles. The molecule has 0 radical (unpaired) electrons. The van der Waals surface area contributed by atoms with Gasteiger partial charge >= 0.3 is 0 Å². The fraction of sp³-hybridized carbons (Fsp3) is 0.640. The van der Waals surface area contributed by atoms with Crippen LogP contribution in [0.25, 0.3) is 0 Å². The van der Waals surface area contributed by atoms with Crippen LogP contribution in [0.15, 0.2) is 30.3 Å². The second-order valence-corrected chi connectivity index (χ2v) is 9.81. The molecule has 3 unspecified atom stereocenters. The van der Waals surface area contributed by atoms with E-state index in [0.717, 1.165) is 18.4 Å². The molecule has 3 heterocycles. The monoisotopic (exact) mass is 457 g/mol. The van der Waals surface area contributed by atoms with E-state index in [4.69, 9.17) is 4.74 Å². The smallest absolute Gasteiger partial charge is 0.245 e. The largest absolute Gasteiger partial charge is 0.395 e. The van der Waals surface area contributed by atoms with Gasteiger partial charge in [0.15, 0.2) is 0 Å². The zero-order valence-electron chi connectivity index (χ0n) is 19.7. The van der Waals surface area contributed by atoms with Crippen molar-refractivity contribution in [3.63, 3.8) is 0 Å². The van der Waals surface area contributed by atoms with Crippen molar-refractivity contribution in [2.75, 3.05) is 19.7 Å². The number of likely N-dealkylation sites (tertiary alicyclic amines) is 1. The standard InChI is InChI=1S/C25H35N3O5/c1-4-5-11-26-22(31)20-25-14-16(2)24(3,33-25)18(19(25)23(32)28(20)12-13-29)21(30)27-15-17-9-7-6-8-10-17/h6-10,16,18-20,29H,4-5,11-15H2,1-3H3,(H,26,31)(H,27,30)/t16?,18-,19+,20?,24+,25?/m1/s1. The summed E-state index contributed by atoms with van der Waals surface area (Å²) in [4.78, 5) is 41.8. The zero-order valence-corrected chi connectivity index (χ0v) is 19.7. The Morgan fingerprint density at radius 3 is 2.61 bits per heavy atom. The van der Waals surface area contributed by atoms with Crippen LogP contribution in [0.3, 0.4) is 0 Å². The molecule has 180 valence electrons. The summed E-state index contributed by atoms with van der Waals surface area (Å²) in [6.45, 7) is 6.61. The summed E-state index contributed by atoms with van der Waals surface area (Å²) >= 11 is 0. The molecule has 33 heavy (non-hydrogen) atoms. The first-order valence-corrected chi connectivity index (χ1v) is 12.0. The van der Waals surface area contributed by atoms with Gasteiger partial charge in [-0.3, -0.25) is 14.4 Å². The maximum absolute atomic E-state index is 13.6. The van der Waals surface area contributed by atoms with Crippen molar-refractivity contribution in [3.8, 4) is 0 Å². The van der Waals surface area contributed by atoms with Gasteiger partial charge in [-0.25, -0.2) is 0 Å². The van der Waals surface area contributed by atoms with Crippen molar-refractivity contribution >= 4 is 17.7 Å². The number of unbranched alkanes of at least 4 members (excludes halogenated alkanes) is 1. The molecule has 1 spiro atoms. The number of carbonyl (C=O) groups is 3. The average molecular weight is 458 g/mol. The van der Waals surface area contributed by atoms with Gasteiger partial charge in [-0.15, -0.1) is 0 Å². The molecule has 3 N–H and O–H groups in total. The lowest BCUT2D eigenvalue weighted by molar-refractivity contribution is -0.148. The van der Waals surface area contributed by atoms with Gasteiger partial charge in [0, 0.05) is 19.6 Å². The van der Waals surface area contributed by atoms with E-state index in [1.165, 1.54) is 4.90 Å². The van der Waals surface area contributed by atoms with Crippen LogP contribution in [-0.4, -0.2) is 64.7 Å². The van der Waals surface area contributed by atoms with E-state index in [0.29, 0.717) is 19.5 Å². The number of aliphatic hydroxyl groups is 1. The third kappa shape index (κ3) is 3.73. The van der Waals surface area contributed by atoms with Gasteiger partial charge in [-0.05, 0) is 31.2 Å². The highest BCUT2D eigenvalue weighted by atomic mass is 16.5. The van der Waals surface area contributed by atoms with E-state index in [1.54, 1.807) is 0 Å². The van der Waals surface area contributed by atoms with Gasteiger partial charge in [0.1, 0.15) is 11.6 Å². The third-order valence-electron chi connectivity index (χ3n) is 7.83. The van der Waals surface area contributed by atoms with Crippen LogP contribution in [0.5, 0.6) is 0 Å². The number of rotatable bonds is 9. The van der Waals surface area contributed by atoms with E-state index < -0.39 is 29.1 Å². The molecule has 8 nitrogen and oxygen atoms in total. The lowest BCUT2D eigenvalue weighted by atomic mass is 9.62. The Kier molecular flexibility index (Phi) is 6.51. The molecule has 3 fully saturated rings. The number of benzene rings is 1. The Bertz CT molecular complexity index is 909. The van der Waals surface area contributed by atoms with E-state index in [-0.39, 0.29) is 36.8 Å². The topological polar surface area (TPSA) is 108 Å². The molecule has 0 aromatic heterocycles. The van der Waals surface area contributed by atoms with Gasteiger partial charge in [-0.1, -0.05) is 50.6 Å². The predicted molar refractivity (Wildman–Crippen MR) is 122 cm³/mol. The normalized spacial score (nSPS) is 34.4. The minimum absolute atomic E-state index is 0.00552. The first-order chi connectivity index (χ1) is 15.8. The number of amides is 3. The highest BCUT2D eigenvalue weighted by Gasteiger charge is 2.79. The molecule has 4 rings (SSSR count). The summed E-state index contributed by atoms with van der Waals surface area (Å²) in [5.41, 5.74) is -0.935. The number of hydrogen-bond acceptors (Lipinski definition) is 5.